The van der Waals surface area contributed by atoms with Gasteiger partial charge in [0.05, 0.1) is 0 Å². The Kier molecular flexibility index (Phi) is 4.55. The van der Waals surface area contributed by atoms with Crippen molar-refractivity contribution in [1.82, 2.24) is 0 Å². The highest BCUT2D eigenvalue weighted by Gasteiger charge is 2.21. The first-order valence-electron chi connectivity index (χ1n) is 6.33. The van der Waals surface area contributed by atoms with Gasteiger partial charge < -0.3 is 5.73 Å². The normalized spacial score (nSPS) is 14.1. The van der Waals surface area contributed by atoms with Crippen LogP contribution in [0.2, 0.25) is 0 Å². The third kappa shape index (κ3) is 4.12. The Labute approximate surface area is 125 Å². The lowest BCUT2D eigenvalue weighted by Gasteiger charge is -2.25. The summed E-state index contributed by atoms with van der Waals surface area (Å²) in [7, 11) is 0. The summed E-state index contributed by atoms with van der Waals surface area (Å²) in [6, 6.07) is 10.9. The number of rotatable bonds is 4. The van der Waals surface area contributed by atoms with Crippen molar-refractivity contribution in [3.05, 3.63) is 69.7 Å². The summed E-state index contributed by atoms with van der Waals surface area (Å²) in [5.74, 6) is -0.541. The molecule has 1 nitrogen and oxygen atoms in total. The molecule has 0 aromatic heterocycles. The molecule has 0 amide bonds. The maximum atomic E-state index is 13.3. The predicted molar refractivity (Wildman–Crippen MR) is 80.5 cm³/mol. The molecule has 0 fully saturated rings. The van der Waals surface area contributed by atoms with Gasteiger partial charge in [-0.2, -0.15) is 0 Å². The largest absolute Gasteiger partial charge is 0.325 e. The Bertz CT molecular complexity index is 594. The second kappa shape index (κ2) is 6.02. The number of benzene rings is 2. The van der Waals surface area contributed by atoms with E-state index < -0.39 is 5.54 Å². The molecule has 2 aromatic carbocycles. The molecule has 2 aromatic rings. The molecule has 2 rings (SSSR count). The van der Waals surface area contributed by atoms with Crippen LogP contribution in [0.15, 0.2) is 46.9 Å². The fourth-order valence-corrected chi connectivity index (χ4v) is 2.63. The summed E-state index contributed by atoms with van der Waals surface area (Å²) in [6.45, 7) is 1.91. The number of hydrogen-bond donors (Lipinski definition) is 1. The van der Waals surface area contributed by atoms with Gasteiger partial charge in [0.2, 0.25) is 0 Å². The zero-order valence-electron chi connectivity index (χ0n) is 11.2. The predicted octanol–water partition coefficient (Wildman–Crippen LogP) is 4.23. The highest BCUT2D eigenvalue weighted by Crippen LogP contribution is 2.24. The average molecular weight is 340 g/mol. The summed E-state index contributed by atoms with van der Waals surface area (Å²) in [4.78, 5) is 0. The zero-order chi connectivity index (χ0) is 14.8. The van der Waals surface area contributed by atoms with Gasteiger partial charge in [-0.05, 0) is 61.2 Å². The van der Waals surface area contributed by atoms with Crippen molar-refractivity contribution in [2.45, 2.75) is 25.3 Å². The Morgan fingerprint density at radius 2 is 1.60 bits per heavy atom. The summed E-state index contributed by atoms with van der Waals surface area (Å²) in [5.41, 5.74) is 7.56. The van der Waals surface area contributed by atoms with Crippen LogP contribution < -0.4 is 5.73 Å². The lowest BCUT2D eigenvalue weighted by Crippen LogP contribution is -2.41. The molecule has 20 heavy (non-hydrogen) atoms. The van der Waals surface area contributed by atoms with Crippen LogP contribution in [0.1, 0.15) is 18.1 Å². The van der Waals surface area contributed by atoms with Crippen molar-refractivity contribution >= 4 is 15.9 Å². The molecule has 0 aliphatic carbocycles. The van der Waals surface area contributed by atoms with E-state index in [-0.39, 0.29) is 11.6 Å². The van der Waals surface area contributed by atoms with Gasteiger partial charge in [-0.25, -0.2) is 8.78 Å². The molecule has 2 N–H and O–H groups in total. The number of halogens is 3. The van der Waals surface area contributed by atoms with Gasteiger partial charge in [0.15, 0.2) is 0 Å². The highest BCUT2D eigenvalue weighted by atomic mass is 79.9. The van der Waals surface area contributed by atoms with Gasteiger partial charge >= 0.3 is 0 Å². The van der Waals surface area contributed by atoms with Crippen molar-refractivity contribution in [2.24, 2.45) is 5.73 Å². The van der Waals surface area contributed by atoms with E-state index in [4.69, 9.17) is 5.73 Å². The van der Waals surface area contributed by atoms with Crippen LogP contribution in [-0.2, 0) is 12.8 Å². The number of hydrogen-bond acceptors (Lipinski definition) is 1. The first-order chi connectivity index (χ1) is 9.35. The Balaban J connectivity index is 2.14. The van der Waals surface area contributed by atoms with Gasteiger partial charge in [-0.1, -0.05) is 28.1 Å². The quantitative estimate of drug-likeness (QED) is 0.886. The van der Waals surface area contributed by atoms with Crippen molar-refractivity contribution in [3.8, 4) is 0 Å². The lowest BCUT2D eigenvalue weighted by atomic mass is 9.87. The minimum Gasteiger partial charge on any atom is -0.325 e. The lowest BCUT2D eigenvalue weighted by molar-refractivity contribution is 0.460. The second-order valence-corrected chi connectivity index (χ2v) is 6.22. The van der Waals surface area contributed by atoms with E-state index in [2.05, 4.69) is 15.9 Å². The minimum atomic E-state index is -0.534. The molecule has 0 heterocycles. The minimum absolute atomic E-state index is 0.264. The van der Waals surface area contributed by atoms with E-state index in [0.717, 1.165) is 15.6 Å². The average Bonchev–Trinajstić information content (AvgIpc) is 2.36. The topological polar surface area (TPSA) is 26.0 Å². The van der Waals surface area contributed by atoms with Crippen LogP contribution in [-0.4, -0.2) is 5.54 Å². The summed E-state index contributed by atoms with van der Waals surface area (Å²) < 4.78 is 27.0. The van der Waals surface area contributed by atoms with Crippen molar-refractivity contribution in [2.75, 3.05) is 0 Å². The molecule has 1 unspecified atom stereocenters. The van der Waals surface area contributed by atoms with E-state index in [1.54, 1.807) is 18.2 Å². The van der Waals surface area contributed by atoms with E-state index in [9.17, 15) is 8.78 Å². The Hall–Kier alpha value is -1.26. The standard InChI is InChI=1S/C16H16BrF2N/c1-16(20,9-11-2-4-13(18)5-3-11)10-12-8-14(19)6-7-15(12)17/h2-8H,9-10,20H2,1H3. The van der Waals surface area contributed by atoms with Gasteiger partial charge in [0, 0.05) is 10.0 Å². The fourth-order valence-electron chi connectivity index (χ4n) is 2.24. The van der Waals surface area contributed by atoms with Crippen LogP contribution in [0, 0.1) is 11.6 Å². The van der Waals surface area contributed by atoms with E-state index in [1.807, 2.05) is 6.92 Å². The molecule has 4 heteroatoms. The van der Waals surface area contributed by atoms with Crippen LogP contribution in [0.25, 0.3) is 0 Å². The molecule has 0 aliphatic heterocycles. The molecule has 0 spiro atoms. The van der Waals surface area contributed by atoms with Crippen molar-refractivity contribution in [1.29, 1.82) is 0 Å². The second-order valence-electron chi connectivity index (χ2n) is 5.37. The third-order valence-corrected chi connectivity index (χ3v) is 3.90. The molecular formula is C16H16BrF2N. The first-order valence-corrected chi connectivity index (χ1v) is 7.12. The maximum absolute atomic E-state index is 13.3. The van der Waals surface area contributed by atoms with Gasteiger partial charge in [-0.15, -0.1) is 0 Å². The smallest absolute Gasteiger partial charge is 0.123 e. The monoisotopic (exact) mass is 339 g/mol. The number of nitrogens with two attached hydrogens (primary N) is 1. The highest BCUT2D eigenvalue weighted by molar-refractivity contribution is 9.10. The Morgan fingerprint density at radius 1 is 1.00 bits per heavy atom. The zero-order valence-corrected chi connectivity index (χ0v) is 12.8. The maximum Gasteiger partial charge on any atom is 0.123 e. The van der Waals surface area contributed by atoms with E-state index in [1.165, 1.54) is 24.3 Å². The van der Waals surface area contributed by atoms with Gasteiger partial charge in [-0.3, -0.25) is 0 Å². The molecule has 0 radical (unpaired) electrons. The first kappa shape index (κ1) is 15.1. The van der Waals surface area contributed by atoms with Crippen LogP contribution in [0.4, 0.5) is 8.78 Å². The molecule has 0 saturated carbocycles. The molecule has 0 aliphatic rings. The molecule has 106 valence electrons. The van der Waals surface area contributed by atoms with Gasteiger partial charge in [0.1, 0.15) is 11.6 Å². The molecule has 0 bridgehead atoms. The summed E-state index contributed by atoms with van der Waals surface area (Å²) in [6.07, 6.45) is 1.12. The molecule has 1 atom stereocenters. The van der Waals surface area contributed by atoms with Crippen LogP contribution in [0.3, 0.4) is 0 Å². The van der Waals surface area contributed by atoms with E-state index >= 15 is 0 Å². The third-order valence-electron chi connectivity index (χ3n) is 3.12. The summed E-state index contributed by atoms with van der Waals surface area (Å²) >= 11 is 3.41. The molecular weight excluding hydrogens is 324 g/mol. The van der Waals surface area contributed by atoms with Gasteiger partial charge in [0.25, 0.3) is 0 Å². The van der Waals surface area contributed by atoms with Crippen LogP contribution in [0.5, 0.6) is 0 Å². The van der Waals surface area contributed by atoms with Crippen LogP contribution >= 0.6 is 15.9 Å². The van der Waals surface area contributed by atoms with E-state index in [0.29, 0.717) is 12.8 Å². The molecule has 0 saturated heterocycles. The SMILES string of the molecule is CC(N)(Cc1ccc(F)cc1)Cc1cc(F)ccc1Br. The Morgan fingerprint density at radius 3 is 2.25 bits per heavy atom. The summed E-state index contributed by atoms with van der Waals surface area (Å²) in [5, 5.41) is 0. The van der Waals surface area contributed by atoms with Crippen molar-refractivity contribution < 1.29 is 8.78 Å². The van der Waals surface area contributed by atoms with Crippen molar-refractivity contribution in [3.63, 3.8) is 0 Å². The fraction of sp³-hybridized carbons (Fsp3) is 0.250.